The zero-order valence-corrected chi connectivity index (χ0v) is 11.3. The third-order valence-corrected chi connectivity index (χ3v) is 3.83. The lowest BCUT2D eigenvalue weighted by Crippen LogP contribution is -2.35. The van der Waals surface area contributed by atoms with Gasteiger partial charge in [-0.2, -0.15) is 0 Å². The highest BCUT2D eigenvalue weighted by Gasteiger charge is 2.18. The Balaban J connectivity index is 1.77. The SMILES string of the molecule is BrCCN1CCC(Cc2ccccc2)CC1. The molecular weight excluding hydrogens is 262 g/mol. The van der Waals surface area contributed by atoms with Crippen molar-refractivity contribution in [2.75, 3.05) is 25.0 Å². The molecule has 0 aliphatic carbocycles. The van der Waals surface area contributed by atoms with Crippen molar-refractivity contribution < 1.29 is 0 Å². The normalized spacial score (nSPS) is 18.8. The monoisotopic (exact) mass is 281 g/mol. The number of hydrogen-bond acceptors (Lipinski definition) is 1. The number of alkyl halides is 1. The number of likely N-dealkylation sites (tertiary alicyclic amines) is 1. The molecule has 0 amide bonds. The van der Waals surface area contributed by atoms with Crippen LogP contribution in [0.2, 0.25) is 0 Å². The highest BCUT2D eigenvalue weighted by molar-refractivity contribution is 9.09. The van der Waals surface area contributed by atoms with Gasteiger partial charge in [0.1, 0.15) is 0 Å². The summed E-state index contributed by atoms with van der Waals surface area (Å²) in [4.78, 5) is 2.57. The molecule has 16 heavy (non-hydrogen) atoms. The van der Waals surface area contributed by atoms with Crippen LogP contribution in [0.4, 0.5) is 0 Å². The summed E-state index contributed by atoms with van der Waals surface area (Å²) < 4.78 is 0. The van der Waals surface area contributed by atoms with E-state index < -0.39 is 0 Å². The molecule has 2 rings (SSSR count). The van der Waals surface area contributed by atoms with E-state index in [0.717, 1.165) is 11.2 Å². The van der Waals surface area contributed by atoms with Crippen molar-refractivity contribution in [1.29, 1.82) is 0 Å². The van der Waals surface area contributed by atoms with Crippen molar-refractivity contribution in [2.24, 2.45) is 5.92 Å². The molecule has 0 aromatic heterocycles. The molecule has 1 fully saturated rings. The molecule has 0 N–H and O–H groups in total. The largest absolute Gasteiger partial charge is 0.302 e. The Hall–Kier alpha value is -0.340. The first-order valence-electron chi connectivity index (χ1n) is 6.20. The molecule has 88 valence electrons. The van der Waals surface area contributed by atoms with Crippen LogP contribution < -0.4 is 0 Å². The molecule has 0 bridgehead atoms. The second kappa shape index (κ2) is 6.41. The molecule has 0 unspecified atom stereocenters. The van der Waals surface area contributed by atoms with Crippen LogP contribution in [0.1, 0.15) is 18.4 Å². The van der Waals surface area contributed by atoms with Crippen molar-refractivity contribution in [2.45, 2.75) is 19.3 Å². The predicted octanol–water partition coefficient (Wildman–Crippen LogP) is 3.34. The first kappa shape index (κ1) is 12.1. The second-order valence-corrected chi connectivity index (χ2v) is 5.46. The molecule has 0 saturated carbocycles. The number of halogens is 1. The Morgan fingerprint density at radius 1 is 1.12 bits per heavy atom. The third-order valence-electron chi connectivity index (χ3n) is 3.48. The smallest absolute Gasteiger partial charge is 0.0159 e. The van der Waals surface area contributed by atoms with Gasteiger partial charge in [-0.15, -0.1) is 0 Å². The van der Waals surface area contributed by atoms with E-state index in [1.807, 2.05) is 0 Å². The van der Waals surface area contributed by atoms with E-state index >= 15 is 0 Å². The third kappa shape index (κ3) is 3.60. The van der Waals surface area contributed by atoms with Crippen LogP contribution in [0.5, 0.6) is 0 Å². The van der Waals surface area contributed by atoms with Gasteiger partial charge in [-0.05, 0) is 43.8 Å². The summed E-state index contributed by atoms with van der Waals surface area (Å²) >= 11 is 3.51. The van der Waals surface area contributed by atoms with Crippen LogP contribution >= 0.6 is 15.9 Å². The molecule has 1 aromatic carbocycles. The Morgan fingerprint density at radius 2 is 1.81 bits per heavy atom. The molecule has 1 heterocycles. The fraction of sp³-hybridized carbons (Fsp3) is 0.571. The van der Waals surface area contributed by atoms with Gasteiger partial charge in [0.2, 0.25) is 0 Å². The zero-order valence-electron chi connectivity index (χ0n) is 9.74. The summed E-state index contributed by atoms with van der Waals surface area (Å²) in [6.45, 7) is 3.77. The van der Waals surface area contributed by atoms with E-state index in [4.69, 9.17) is 0 Å². The van der Waals surface area contributed by atoms with Gasteiger partial charge < -0.3 is 4.90 Å². The second-order valence-electron chi connectivity index (χ2n) is 4.66. The summed E-state index contributed by atoms with van der Waals surface area (Å²) in [7, 11) is 0. The van der Waals surface area contributed by atoms with Gasteiger partial charge in [-0.25, -0.2) is 0 Å². The maximum absolute atomic E-state index is 3.51. The Bertz CT molecular complexity index is 291. The van der Waals surface area contributed by atoms with Gasteiger partial charge >= 0.3 is 0 Å². The van der Waals surface area contributed by atoms with Gasteiger partial charge in [0.05, 0.1) is 0 Å². The summed E-state index contributed by atoms with van der Waals surface area (Å²) in [5.74, 6) is 0.897. The molecule has 1 aromatic rings. The molecular formula is C14H20BrN. The minimum Gasteiger partial charge on any atom is -0.302 e. The number of rotatable bonds is 4. The average Bonchev–Trinajstić information content (AvgIpc) is 2.33. The number of benzene rings is 1. The summed E-state index contributed by atoms with van der Waals surface area (Å²) in [5.41, 5.74) is 1.50. The minimum absolute atomic E-state index is 0.897. The van der Waals surface area contributed by atoms with E-state index in [1.165, 1.54) is 44.5 Å². The van der Waals surface area contributed by atoms with Crippen LogP contribution in [0.25, 0.3) is 0 Å². The predicted molar refractivity (Wildman–Crippen MR) is 73.1 cm³/mol. The lowest BCUT2D eigenvalue weighted by atomic mass is 9.90. The van der Waals surface area contributed by atoms with Gasteiger partial charge in [0.15, 0.2) is 0 Å². The standard InChI is InChI=1S/C14H20BrN/c15-8-11-16-9-6-14(7-10-16)12-13-4-2-1-3-5-13/h1-5,14H,6-12H2. The first-order valence-corrected chi connectivity index (χ1v) is 7.33. The minimum atomic E-state index is 0.897. The zero-order chi connectivity index (χ0) is 11.2. The molecule has 1 nitrogen and oxygen atoms in total. The van der Waals surface area contributed by atoms with Crippen LogP contribution in [0.15, 0.2) is 30.3 Å². The molecule has 0 spiro atoms. The lowest BCUT2D eigenvalue weighted by Gasteiger charge is -2.31. The molecule has 2 heteroatoms. The average molecular weight is 282 g/mol. The molecule has 0 atom stereocenters. The maximum Gasteiger partial charge on any atom is 0.0159 e. The summed E-state index contributed by atoms with van der Waals surface area (Å²) in [6, 6.07) is 10.9. The van der Waals surface area contributed by atoms with Crippen LogP contribution in [-0.4, -0.2) is 29.9 Å². The van der Waals surface area contributed by atoms with E-state index in [2.05, 4.69) is 51.2 Å². The summed E-state index contributed by atoms with van der Waals surface area (Å²) in [6.07, 6.45) is 3.99. The molecule has 0 radical (unpaired) electrons. The quantitative estimate of drug-likeness (QED) is 0.766. The first-order chi connectivity index (χ1) is 7.88. The Labute approximate surface area is 107 Å². The number of nitrogens with zero attached hydrogens (tertiary/aromatic N) is 1. The van der Waals surface area contributed by atoms with Gasteiger partial charge in [-0.1, -0.05) is 46.3 Å². The number of hydrogen-bond donors (Lipinski definition) is 0. The highest BCUT2D eigenvalue weighted by atomic mass is 79.9. The fourth-order valence-electron chi connectivity index (χ4n) is 2.48. The summed E-state index contributed by atoms with van der Waals surface area (Å²) in [5, 5.41) is 1.11. The van der Waals surface area contributed by atoms with Crippen LogP contribution in [-0.2, 0) is 6.42 Å². The van der Waals surface area contributed by atoms with Gasteiger partial charge in [-0.3, -0.25) is 0 Å². The molecule has 1 saturated heterocycles. The van der Waals surface area contributed by atoms with Crippen molar-refractivity contribution >= 4 is 15.9 Å². The van der Waals surface area contributed by atoms with E-state index in [1.54, 1.807) is 0 Å². The fourth-order valence-corrected chi connectivity index (χ4v) is 2.98. The van der Waals surface area contributed by atoms with Gasteiger partial charge in [0.25, 0.3) is 0 Å². The van der Waals surface area contributed by atoms with Crippen molar-refractivity contribution in [3.8, 4) is 0 Å². The number of piperidine rings is 1. The van der Waals surface area contributed by atoms with Crippen molar-refractivity contribution in [3.63, 3.8) is 0 Å². The lowest BCUT2D eigenvalue weighted by molar-refractivity contribution is 0.194. The van der Waals surface area contributed by atoms with Crippen LogP contribution in [0, 0.1) is 5.92 Å². The van der Waals surface area contributed by atoms with Crippen molar-refractivity contribution in [1.82, 2.24) is 4.90 Å². The maximum atomic E-state index is 3.51. The van der Waals surface area contributed by atoms with E-state index in [-0.39, 0.29) is 0 Å². The Morgan fingerprint density at radius 3 is 2.44 bits per heavy atom. The van der Waals surface area contributed by atoms with E-state index in [0.29, 0.717) is 0 Å². The Kier molecular flexibility index (Phi) is 4.86. The molecule has 1 aliphatic rings. The van der Waals surface area contributed by atoms with Crippen molar-refractivity contribution in [3.05, 3.63) is 35.9 Å². The highest BCUT2D eigenvalue weighted by Crippen LogP contribution is 2.21. The molecule has 1 aliphatic heterocycles. The van der Waals surface area contributed by atoms with Gasteiger partial charge in [0, 0.05) is 11.9 Å². The van der Waals surface area contributed by atoms with E-state index in [9.17, 15) is 0 Å². The topological polar surface area (TPSA) is 3.24 Å². The van der Waals surface area contributed by atoms with Crippen LogP contribution in [0.3, 0.4) is 0 Å².